The summed E-state index contributed by atoms with van der Waals surface area (Å²) in [6.45, 7) is 4.24. The van der Waals surface area contributed by atoms with Crippen LogP contribution in [0.25, 0.3) is 0 Å². The highest BCUT2D eigenvalue weighted by Crippen LogP contribution is 2.28. The monoisotopic (exact) mass is 375 g/mol. The molecule has 27 heavy (non-hydrogen) atoms. The van der Waals surface area contributed by atoms with E-state index in [1.165, 1.54) is 16.7 Å². The van der Waals surface area contributed by atoms with Gasteiger partial charge < -0.3 is 5.32 Å². The molecule has 0 radical (unpaired) electrons. The van der Waals surface area contributed by atoms with Gasteiger partial charge in [-0.1, -0.05) is 74.5 Å². The lowest BCUT2D eigenvalue weighted by molar-refractivity contribution is 0.102. The second-order valence-corrected chi connectivity index (χ2v) is 7.40. The third-order valence-corrected chi connectivity index (χ3v) is 5.75. The second kappa shape index (κ2) is 9.43. The van der Waals surface area contributed by atoms with Gasteiger partial charge in [-0.15, -0.1) is 11.8 Å². The van der Waals surface area contributed by atoms with Crippen LogP contribution in [0, 0.1) is 0 Å². The molecular formula is C24H25NOS. The zero-order valence-corrected chi connectivity index (χ0v) is 16.7. The van der Waals surface area contributed by atoms with Gasteiger partial charge in [-0.2, -0.15) is 0 Å². The standard InChI is InChI=1S/C24H25NOS/c1-3-19-13-10-14-20(4-2)23(19)25-24(26)21-15-8-9-16-22(21)27-17-18-11-6-5-7-12-18/h5-16H,3-4,17H2,1-2H3,(H,25,26). The van der Waals surface area contributed by atoms with Crippen molar-refractivity contribution < 1.29 is 4.79 Å². The number of rotatable bonds is 7. The number of hydrogen-bond donors (Lipinski definition) is 1. The summed E-state index contributed by atoms with van der Waals surface area (Å²) in [7, 11) is 0. The Balaban J connectivity index is 1.82. The summed E-state index contributed by atoms with van der Waals surface area (Å²) in [6, 6.07) is 24.4. The van der Waals surface area contributed by atoms with Crippen molar-refractivity contribution in [2.75, 3.05) is 5.32 Å². The fourth-order valence-electron chi connectivity index (χ4n) is 3.10. The van der Waals surface area contributed by atoms with E-state index in [0.717, 1.165) is 34.7 Å². The second-order valence-electron chi connectivity index (χ2n) is 6.38. The molecule has 0 saturated carbocycles. The average molecular weight is 376 g/mol. The van der Waals surface area contributed by atoms with Gasteiger partial charge in [0.1, 0.15) is 0 Å². The van der Waals surface area contributed by atoms with E-state index in [9.17, 15) is 4.79 Å². The number of anilines is 1. The SMILES string of the molecule is CCc1cccc(CC)c1NC(=O)c1ccccc1SCc1ccccc1. The van der Waals surface area contributed by atoms with Gasteiger partial charge >= 0.3 is 0 Å². The Kier molecular flexibility index (Phi) is 6.72. The van der Waals surface area contributed by atoms with Gasteiger partial charge in [-0.05, 0) is 41.7 Å². The molecule has 0 aliphatic carbocycles. The number of carbonyl (C=O) groups excluding carboxylic acids is 1. The first-order valence-electron chi connectivity index (χ1n) is 9.40. The van der Waals surface area contributed by atoms with Crippen molar-refractivity contribution in [2.45, 2.75) is 37.3 Å². The first-order chi connectivity index (χ1) is 13.2. The molecule has 1 amide bonds. The molecule has 0 fully saturated rings. The lowest BCUT2D eigenvalue weighted by Gasteiger charge is -2.16. The maximum Gasteiger partial charge on any atom is 0.256 e. The van der Waals surface area contributed by atoms with Crippen LogP contribution in [0.3, 0.4) is 0 Å². The first-order valence-corrected chi connectivity index (χ1v) is 10.4. The van der Waals surface area contributed by atoms with E-state index in [2.05, 4.69) is 49.5 Å². The number of aryl methyl sites for hydroxylation is 2. The Morgan fingerprint density at radius 1 is 0.815 bits per heavy atom. The molecule has 2 nitrogen and oxygen atoms in total. The molecule has 3 rings (SSSR count). The Labute approximate surface area is 166 Å². The topological polar surface area (TPSA) is 29.1 Å². The van der Waals surface area contributed by atoms with Crippen molar-refractivity contribution in [3.05, 3.63) is 95.1 Å². The van der Waals surface area contributed by atoms with Crippen LogP contribution in [0.1, 0.15) is 40.9 Å². The van der Waals surface area contributed by atoms with Crippen LogP contribution in [0.5, 0.6) is 0 Å². The van der Waals surface area contributed by atoms with E-state index < -0.39 is 0 Å². The molecule has 0 heterocycles. The van der Waals surface area contributed by atoms with Gasteiger partial charge in [0.15, 0.2) is 0 Å². The molecule has 3 aromatic carbocycles. The van der Waals surface area contributed by atoms with Gasteiger partial charge in [0.2, 0.25) is 0 Å². The third kappa shape index (κ3) is 4.81. The Bertz CT molecular complexity index is 883. The lowest BCUT2D eigenvalue weighted by Crippen LogP contribution is -2.15. The lowest BCUT2D eigenvalue weighted by atomic mass is 10.0. The quantitative estimate of drug-likeness (QED) is 0.487. The number of benzene rings is 3. The average Bonchev–Trinajstić information content (AvgIpc) is 2.73. The summed E-state index contributed by atoms with van der Waals surface area (Å²) >= 11 is 1.70. The highest BCUT2D eigenvalue weighted by Gasteiger charge is 2.15. The van der Waals surface area contributed by atoms with Crippen LogP contribution < -0.4 is 5.32 Å². The van der Waals surface area contributed by atoms with Crippen LogP contribution in [-0.4, -0.2) is 5.91 Å². The summed E-state index contributed by atoms with van der Waals surface area (Å²) in [5, 5.41) is 3.18. The zero-order valence-electron chi connectivity index (χ0n) is 15.9. The minimum Gasteiger partial charge on any atom is -0.321 e. The fourth-order valence-corrected chi connectivity index (χ4v) is 4.11. The van der Waals surface area contributed by atoms with Crippen LogP contribution in [0.15, 0.2) is 77.7 Å². The molecule has 0 bridgehead atoms. The van der Waals surface area contributed by atoms with Crippen molar-refractivity contribution in [1.82, 2.24) is 0 Å². The summed E-state index contributed by atoms with van der Waals surface area (Å²) < 4.78 is 0. The number of nitrogens with one attached hydrogen (secondary N) is 1. The van der Waals surface area contributed by atoms with E-state index in [1.54, 1.807) is 11.8 Å². The van der Waals surface area contributed by atoms with Gasteiger partial charge in [0.05, 0.1) is 5.56 Å². The van der Waals surface area contributed by atoms with E-state index in [-0.39, 0.29) is 5.91 Å². The summed E-state index contributed by atoms with van der Waals surface area (Å²) in [6.07, 6.45) is 1.79. The normalized spacial score (nSPS) is 10.6. The molecule has 0 aliphatic rings. The molecule has 0 spiro atoms. The molecule has 3 aromatic rings. The summed E-state index contributed by atoms with van der Waals surface area (Å²) in [5.41, 5.74) is 5.30. The Morgan fingerprint density at radius 2 is 1.44 bits per heavy atom. The molecule has 0 atom stereocenters. The zero-order chi connectivity index (χ0) is 19.1. The van der Waals surface area contributed by atoms with Gasteiger partial charge in [-0.3, -0.25) is 4.79 Å². The van der Waals surface area contributed by atoms with Crippen molar-refractivity contribution in [3.8, 4) is 0 Å². The fraction of sp³-hybridized carbons (Fsp3) is 0.208. The van der Waals surface area contributed by atoms with Crippen molar-refractivity contribution >= 4 is 23.4 Å². The smallest absolute Gasteiger partial charge is 0.256 e. The van der Waals surface area contributed by atoms with Gasteiger partial charge in [0, 0.05) is 16.3 Å². The van der Waals surface area contributed by atoms with Gasteiger partial charge in [0.25, 0.3) is 5.91 Å². The maximum absolute atomic E-state index is 13.1. The molecule has 0 aromatic heterocycles. The molecule has 0 unspecified atom stereocenters. The van der Waals surface area contributed by atoms with E-state index >= 15 is 0 Å². The van der Waals surface area contributed by atoms with Crippen molar-refractivity contribution in [2.24, 2.45) is 0 Å². The van der Waals surface area contributed by atoms with Crippen LogP contribution in [-0.2, 0) is 18.6 Å². The van der Waals surface area contributed by atoms with E-state index in [4.69, 9.17) is 0 Å². The largest absolute Gasteiger partial charge is 0.321 e. The Morgan fingerprint density at radius 3 is 2.11 bits per heavy atom. The summed E-state index contributed by atoms with van der Waals surface area (Å²) in [4.78, 5) is 14.1. The molecular weight excluding hydrogens is 350 g/mol. The number of hydrogen-bond acceptors (Lipinski definition) is 2. The predicted molar refractivity (Wildman–Crippen MR) is 116 cm³/mol. The van der Waals surface area contributed by atoms with Crippen molar-refractivity contribution in [3.63, 3.8) is 0 Å². The van der Waals surface area contributed by atoms with E-state index in [1.807, 2.05) is 42.5 Å². The van der Waals surface area contributed by atoms with Crippen molar-refractivity contribution in [1.29, 1.82) is 0 Å². The highest BCUT2D eigenvalue weighted by molar-refractivity contribution is 7.98. The van der Waals surface area contributed by atoms with Crippen LogP contribution in [0.2, 0.25) is 0 Å². The molecule has 0 saturated heterocycles. The molecule has 1 N–H and O–H groups in total. The molecule has 0 aliphatic heterocycles. The predicted octanol–water partition coefficient (Wildman–Crippen LogP) is 6.36. The van der Waals surface area contributed by atoms with E-state index in [0.29, 0.717) is 0 Å². The molecule has 3 heteroatoms. The number of amides is 1. The third-order valence-electron chi connectivity index (χ3n) is 4.61. The van der Waals surface area contributed by atoms with Crippen LogP contribution >= 0.6 is 11.8 Å². The minimum absolute atomic E-state index is 0.0400. The molecule has 138 valence electrons. The number of carbonyl (C=O) groups is 1. The van der Waals surface area contributed by atoms with Gasteiger partial charge in [-0.25, -0.2) is 0 Å². The Hall–Kier alpha value is -2.52. The van der Waals surface area contributed by atoms with Crippen LogP contribution in [0.4, 0.5) is 5.69 Å². The first kappa shape index (κ1) is 19.2. The number of para-hydroxylation sites is 1. The maximum atomic E-state index is 13.1. The highest BCUT2D eigenvalue weighted by atomic mass is 32.2. The summed E-state index contributed by atoms with van der Waals surface area (Å²) in [5.74, 6) is 0.804. The number of thioether (sulfide) groups is 1. The minimum atomic E-state index is -0.0400.